The third kappa shape index (κ3) is 2.61. The fourth-order valence-electron chi connectivity index (χ4n) is 7.52. The number of halogens is 2. The Bertz CT molecular complexity index is 1540. The highest BCUT2D eigenvalue weighted by molar-refractivity contribution is 6.35. The average Bonchev–Trinajstić information content (AvgIpc) is 3.59. The molecule has 186 valence electrons. The first-order chi connectivity index (χ1) is 17.8. The Labute approximate surface area is 217 Å². The van der Waals surface area contributed by atoms with Crippen molar-refractivity contribution in [2.45, 2.75) is 36.8 Å². The van der Waals surface area contributed by atoms with E-state index in [1.54, 1.807) is 6.07 Å². The van der Waals surface area contributed by atoms with E-state index in [9.17, 15) is 18.8 Å². The SMILES string of the molecule is Cc1cc(Cl)c2c(c1)[C@]1(C(=O)N2)[C@@H](C(=O)c2ccc(F)cc2)[C@]2(C(=O)Nc3ccccc32)[C@@H]2CCCN21. The van der Waals surface area contributed by atoms with Gasteiger partial charge in [-0.1, -0.05) is 35.9 Å². The van der Waals surface area contributed by atoms with Gasteiger partial charge >= 0.3 is 0 Å². The van der Waals surface area contributed by atoms with E-state index in [-0.39, 0.29) is 29.2 Å². The number of Topliss-reactive ketones (excluding diaryl/α,β-unsaturated/α-hetero) is 1. The van der Waals surface area contributed by atoms with E-state index in [0.717, 1.165) is 12.0 Å². The van der Waals surface area contributed by atoms with Gasteiger partial charge in [0.05, 0.1) is 16.6 Å². The van der Waals surface area contributed by atoms with E-state index in [1.165, 1.54) is 24.3 Å². The number of anilines is 2. The first-order valence-corrected chi connectivity index (χ1v) is 12.8. The smallest absolute Gasteiger partial charge is 0.250 e. The lowest BCUT2D eigenvalue weighted by Gasteiger charge is -2.38. The number of hydrogen-bond donors (Lipinski definition) is 2. The Morgan fingerprint density at radius 3 is 2.57 bits per heavy atom. The molecule has 4 aliphatic rings. The molecule has 2 spiro atoms. The molecule has 6 nitrogen and oxygen atoms in total. The zero-order valence-corrected chi connectivity index (χ0v) is 20.7. The molecule has 2 N–H and O–H groups in total. The van der Waals surface area contributed by atoms with Gasteiger partial charge < -0.3 is 10.6 Å². The third-order valence-corrected chi connectivity index (χ3v) is 9.02. The summed E-state index contributed by atoms with van der Waals surface area (Å²) in [7, 11) is 0. The summed E-state index contributed by atoms with van der Waals surface area (Å²) in [6, 6.07) is 16.0. The number of fused-ring (bicyclic) bond motifs is 7. The Morgan fingerprint density at radius 1 is 1.03 bits per heavy atom. The summed E-state index contributed by atoms with van der Waals surface area (Å²) >= 11 is 6.63. The molecule has 4 aliphatic heterocycles. The molecule has 0 aromatic heterocycles. The average molecular weight is 516 g/mol. The highest BCUT2D eigenvalue weighted by atomic mass is 35.5. The van der Waals surface area contributed by atoms with Crippen LogP contribution in [0.25, 0.3) is 0 Å². The number of nitrogens with one attached hydrogen (secondary N) is 2. The van der Waals surface area contributed by atoms with Gasteiger partial charge in [-0.15, -0.1) is 0 Å². The first kappa shape index (κ1) is 22.6. The molecule has 0 radical (unpaired) electrons. The summed E-state index contributed by atoms with van der Waals surface area (Å²) < 4.78 is 13.8. The zero-order valence-electron chi connectivity index (χ0n) is 20.0. The van der Waals surface area contributed by atoms with Crippen LogP contribution >= 0.6 is 11.6 Å². The number of para-hydroxylation sites is 1. The maximum Gasteiger partial charge on any atom is 0.250 e. The van der Waals surface area contributed by atoms with Crippen LogP contribution in [0.1, 0.15) is 39.9 Å². The van der Waals surface area contributed by atoms with Crippen LogP contribution in [0.2, 0.25) is 5.02 Å². The number of benzene rings is 3. The molecule has 4 heterocycles. The van der Waals surface area contributed by atoms with E-state index in [0.29, 0.717) is 40.5 Å². The Balaban J connectivity index is 1.60. The Kier molecular flexibility index (Phi) is 4.58. The lowest BCUT2D eigenvalue weighted by atomic mass is 9.60. The van der Waals surface area contributed by atoms with E-state index in [1.807, 2.05) is 37.3 Å². The van der Waals surface area contributed by atoms with Crippen LogP contribution in [0.5, 0.6) is 0 Å². The summed E-state index contributed by atoms with van der Waals surface area (Å²) in [5.41, 5.74) is 0.792. The number of nitrogens with zero attached hydrogens (tertiary/aromatic N) is 1. The highest BCUT2D eigenvalue weighted by Gasteiger charge is 2.78. The molecule has 0 bridgehead atoms. The number of carbonyl (C=O) groups excluding carboxylic acids is 3. The lowest BCUT2D eigenvalue weighted by Crippen LogP contribution is -2.55. The monoisotopic (exact) mass is 515 g/mol. The van der Waals surface area contributed by atoms with Gasteiger partial charge in [0.25, 0.3) is 0 Å². The van der Waals surface area contributed by atoms with Crippen molar-refractivity contribution in [2.75, 3.05) is 17.2 Å². The summed E-state index contributed by atoms with van der Waals surface area (Å²) in [4.78, 5) is 45.2. The Morgan fingerprint density at radius 2 is 1.78 bits per heavy atom. The molecule has 0 aliphatic carbocycles. The molecule has 3 aromatic carbocycles. The topological polar surface area (TPSA) is 78.5 Å². The van der Waals surface area contributed by atoms with E-state index in [4.69, 9.17) is 11.6 Å². The van der Waals surface area contributed by atoms with Gasteiger partial charge in [0, 0.05) is 22.9 Å². The second-order valence-electron chi connectivity index (χ2n) is 10.4. The molecule has 0 unspecified atom stereocenters. The summed E-state index contributed by atoms with van der Waals surface area (Å²) in [5, 5.41) is 6.38. The van der Waals surface area contributed by atoms with Crippen LogP contribution in [-0.4, -0.2) is 35.1 Å². The maximum atomic E-state index is 14.7. The van der Waals surface area contributed by atoms with Crippen molar-refractivity contribution in [1.29, 1.82) is 0 Å². The number of aryl methyl sites for hydroxylation is 1. The summed E-state index contributed by atoms with van der Waals surface area (Å²) in [6.45, 7) is 2.44. The molecule has 4 atom stereocenters. The van der Waals surface area contributed by atoms with Gasteiger partial charge in [0.2, 0.25) is 11.8 Å². The maximum absolute atomic E-state index is 14.7. The van der Waals surface area contributed by atoms with Gasteiger partial charge in [0.15, 0.2) is 5.78 Å². The second kappa shape index (κ2) is 7.49. The number of amides is 2. The van der Waals surface area contributed by atoms with Gasteiger partial charge in [-0.05, 0) is 73.8 Å². The van der Waals surface area contributed by atoms with Crippen molar-refractivity contribution in [3.8, 4) is 0 Å². The molecule has 2 amide bonds. The summed E-state index contributed by atoms with van der Waals surface area (Å²) in [6.07, 6.45) is 1.43. The molecular formula is C29H23ClFN3O3. The minimum atomic E-state index is -1.45. The quantitative estimate of drug-likeness (QED) is 0.480. The number of rotatable bonds is 2. The van der Waals surface area contributed by atoms with E-state index < -0.39 is 22.7 Å². The van der Waals surface area contributed by atoms with Crippen molar-refractivity contribution in [2.24, 2.45) is 5.92 Å². The molecule has 37 heavy (non-hydrogen) atoms. The molecule has 0 saturated carbocycles. The number of carbonyl (C=O) groups is 3. The largest absolute Gasteiger partial charge is 0.325 e. The highest BCUT2D eigenvalue weighted by Crippen LogP contribution is 2.66. The molecular weight excluding hydrogens is 493 g/mol. The zero-order chi connectivity index (χ0) is 25.7. The second-order valence-corrected chi connectivity index (χ2v) is 10.8. The fourth-order valence-corrected chi connectivity index (χ4v) is 7.84. The number of hydrogen-bond acceptors (Lipinski definition) is 4. The first-order valence-electron chi connectivity index (χ1n) is 12.4. The van der Waals surface area contributed by atoms with Crippen molar-refractivity contribution in [3.63, 3.8) is 0 Å². The van der Waals surface area contributed by atoms with Crippen molar-refractivity contribution in [3.05, 3.63) is 93.8 Å². The molecule has 2 saturated heterocycles. The van der Waals surface area contributed by atoms with Crippen molar-refractivity contribution >= 4 is 40.6 Å². The minimum Gasteiger partial charge on any atom is -0.325 e. The molecule has 7 rings (SSSR count). The van der Waals surface area contributed by atoms with Crippen molar-refractivity contribution < 1.29 is 18.8 Å². The predicted molar refractivity (Wildman–Crippen MR) is 137 cm³/mol. The van der Waals surface area contributed by atoms with Crippen LogP contribution < -0.4 is 10.6 Å². The van der Waals surface area contributed by atoms with E-state index >= 15 is 0 Å². The van der Waals surface area contributed by atoms with E-state index in [2.05, 4.69) is 15.5 Å². The number of ketones is 1. The van der Waals surface area contributed by atoms with Crippen molar-refractivity contribution in [1.82, 2.24) is 4.90 Å². The Hall–Kier alpha value is -3.55. The molecule has 8 heteroatoms. The minimum absolute atomic E-state index is 0.253. The standard InChI is InChI=1S/C29H23ClFN3O3/c1-15-13-19-23(20(30)14-15)33-27(37)29(19)25(24(35)16-8-10-17(31)11-9-16)28(22-7-4-12-34(22)29)18-5-2-3-6-21(18)32-26(28)36/h2-3,5-6,8-11,13-14,22,25H,4,7,12H2,1H3,(H,32,36)(H,33,37)/t22-,25-,28+,29+/m0/s1. The van der Waals surface area contributed by atoms with Crippen LogP contribution in [0.3, 0.4) is 0 Å². The van der Waals surface area contributed by atoms with Gasteiger partial charge in [-0.3, -0.25) is 19.3 Å². The normalized spacial score (nSPS) is 29.4. The predicted octanol–water partition coefficient (Wildman–Crippen LogP) is 4.80. The van der Waals surface area contributed by atoms with Crippen LogP contribution in [0, 0.1) is 18.7 Å². The summed E-state index contributed by atoms with van der Waals surface area (Å²) in [5.74, 6) is -2.59. The lowest BCUT2D eigenvalue weighted by molar-refractivity contribution is -0.128. The van der Waals surface area contributed by atoms with Gasteiger partial charge in [0.1, 0.15) is 16.8 Å². The van der Waals surface area contributed by atoms with Crippen LogP contribution in [0.4, 0.5) is 15.8 Å². The molecule has 2 fully saturated rings. The molecule has 3 aromatic rings. The van der Waals surface area contributed by atoms with Crippen LogP contribution in [-0.2, 0) is 20.5 Å². The van der Waals surface area contributed by atoms with Gasteiger partial charge in [-0.2, -0.15) is 0 Å². The fraction of sp³-hybridized carbons (Fsp3) is 0.276. The van der Waals surface area contributed by atoms with Crippen LogP contribution in [0.15, 0.2) is 60.7 Å². The van der Waals surface area contributed by atoms with Gasteiger partial charge in [-0.25, -0.2) is 4.39 Å². The third-order valence-electron chi connectivity index (χ3n) is 8.72.